The summed E-state index contributed by atoms with van der Waals surface area (Å²) in [5.41, 5.74) is 3.28. The Morgan fingerprint density at radius 2 is 1.74 bits per heavy atom. The van der Waals surface area contributed by atoms with E-state index in [9.17, 15) is 14.0 Å². The Bertz CT molecular complexity index is 1150. The van der Waals surface area contributed by atoms with Crippen LogP contribution in [0, 0.1) is 12.7 Å². The van der Waals surface area contributed by atoms with Gasteiger partial charge >= 0.3 is 12.1 Å². The molecular formula is C25H29FN6O2. The van der Waals surface area contributed by atoms with E-state index in [0.29, 0.717) is 32.7 Å². The summed E-state index contributed by atoms with van der Waals surface area (Å²) in [5.74, 6) is -0.292. The second-order valence-corrected chi connectivity index (χ2v) is 8.32. The molecule has 4 amide bonds. The monoisotopic (exact) mass is 464 g/mol. The molecule has 1 aliphatic rings. The number of carbonyl (C=O) groups excluding carboxylic acids is 2. The fourth-order valence-electron chi connectivity index (χ4n) is 3.97. The van der Waals surface area contributed by atoms with Gasteiger partial charge in [-0.2, -0.15) is 0 Å². The Morgan fingerprint density at radius 3 is 2.50 bits per heavy atom. The van der Waals surface area contributed by atoms with Crippen molar-refractivity contribution in [3.63, 3.8) is 0 Å². The standard InChI is InChI=1S/C25H29FN6O2/c1-18-16-23(21-4-2-3-5-22(21)29-18)30-24(33)27-10-11-31-12-14-32(15-13-31)25(34)28-17-19-6-8-20(26)9-7-19/h2-9,16H,10-15,17H2,1H3,(H,28,34)(H2,27,29,30,33). The van der Waals surface area contributed by atoms with Gasteiger partial charge in [0, 0.05) is 56.9 Å². The van der Waals surface area contributed by atoms with Gasteiger partial charge < -0.3 is 20.9 Å². The van der Waals surface area contributed by atoms with Gasteiger partial charge in [0.05, 0.1) is 11.2 Å². The van der Waals surface area contributed by atoms with Gasteiger partial charge in [0.25, 0.3) is 0 Å². The van der Waals surface area contributed by atoms with Crippen molar-refractivity contribution in [3.8, 4) is 0 Å². The van der Waals surface area contributed by atoms with Crippen LogP contribution in [0.4, 0.5) is 19.7 Å². The van der Waals surface area contributed by atoms with Crippen molar-refractivity contribution in [1.29, 1.82) is 0 Å². The number of para-hydroxylation sites is 1. The topological polar surface area (TPSA) is 89.6 Å². The number of hydrogen-bond donors (Lipinski definition) is 3. The van der Waals surface area contributed by atoms with E-state index in [2.05, 4.69) is 25.8 Å². The highest BCUT2D eigenvalue weighted by Gasteiger charge is 2.20. The van der Waals surface area contributed by atoms with Crippen LogP contribution in [0.25, 0.3) is 10.9 Å². The van der Waals surface area contributed by atoms with Crippen LogP contribution in [-0.4, -0.2) is 66.1 Å². The van der Waals surface area contributed by atoms with Crippen molar-refractivity contribution in [3.05, 3.63) is 71.7 Å². The van der Waals surface area contributed by atoms with Crippen molar-refractivity contribution < 1.29 is 14.0 Å². The maximum Gasteiger partial charge on any atom is 0.319 e. The predicted octanol–water partition coefficient (Wildman–Crippen LogP) is 3.33. The first-order chi connectivity index (χ1) is 16.5. The number of nitrogens with one attached hydrogen (secondary N) is 3. The van der Waals surface area contributed by atoms with Gasteiger partial charge in [-0.25, -0.2) is 14.0 Å². The summed E-state index contributed by atoms with van der Waals surface area (Å²) in [6, 6.07) is 15.3. The third-order valence-electron chi connectivity index (χ3n) is 5.82. The van der Waals surface area contributed by atoms with E-state index in [-0.39, 0.29) is 17.9 Å². The van der Waals surface area contributed by atoms with Crippen LogP contribution in [0.3, 0.4) is 0 Å². The minimum absolute atomic E-state index is 0.124. The fourth-order valence-corrected chi connectivity index (χ4v) is 3.97. The molecule has 8 nitrogen and oxygen atoms in total. The first kappa shape index (κ1) is 23.4. The molecule has 3 N–H and O–H groups in total. The summed E-state index contributed by atoms with van der Waals surface area (Å²) >= 11 is 0. The molecule has 1 aromatic heterocycles. The Balaban J connectivity index is 1.16. The van der Waals surface area contributed by atoms with Crippen LogP contribution in [-0.2, 0) is 6.54 Å². The molecule has 1 aliphatic heterocycles. The lowest BCUT2D eigenvalue weighted by Crippen LogP contribution is -2.52. The predicted molar refractivity (Wildman–Crippen MR) is 130 cm³/mol. The highest BCUT2D eigenvalue weighted by Crippen LogP contribution is 2.22. The van der Waals surface area contributed by atoms with Crippen molar-refractivity contribution in [2.24, 2.45) is 0 Å². The van der Waals surface area contributed by atoms with E-state index in [1.807, 2.05) is 37.3 Å². The number of benzene rings is 2. The number of urea groups is 2. The Morgan fingerprint density at radius 1 is 1.00 bits per heavy atom. The first-order valence-electron chi connectivity index (χ1n) is 11.4. The van der Waals surface area contributed by atoms with Crippen LogP contribution in [0.5, 0.6) is 0 Å². The molecule has 4 rings (SSSR count). The van der Waals surface area contributed by atoms with E-state index in [4.69, 9.17) is 0 Å². The van der Waals surface area contributed by atoms with Crippen LogP contribution in [0.2, 0.25) is 0 Å². The third kappa shape index (κ3) is 6.20. The zero-order chi connectivity index (χ0) is 23.9. The number of nitrogens with zero attached hydrogens (tertiary/aromatic N) is 3. The fraction of sp³-hybridized carbons (Fsp3) is 0.320. The summed E-state index contributed by atoms with van der Waals surface area (Å²) in [6.07, 6.45) is 0. The van der Waals surface area contributed by atoms with E-state index in [1.165, 1.54) is 12.1 Å². The summed E-state index contributed by atoms with van der Waals surface area (Å²) in [4.78, 5) is 33.3. The Labute approximate surface area is 198 Å². The number of pyridine rings is 1. The number of amides is 4. The zero-order valence-corrected chi connectivity index (χ0v) is 19.2. The number of carbonyl (C=O) groups is 2. The van der Waals surface area contributed by atoms with E-state index >= 15 is 0 Å². The lowest BCUT2D eigenvalue weighted by molar-refractivity contribution is 0.140. The van der Waals surface area contributed by atoms with Crippen LogP contribution in [0.1, 0.15) is 11.3 Å². The molecule has 0 bridgehead atoms. The largest absolute Gasteiger partial charge is 0.337 e. The maximum atomic E-state index is 13.0. The number of aryl methyl sites for hydroxylation is 1. The number of aromatic nitrogens is 1. The zero-order valence-electron chi connectivity index (χ0n) is 19.2. The maximum absolute atomic E-state index is 13.0. The Kier molecular flexibility index (Phi) is 7.54. The quantitative estimate of drug-likeness (QED) is 0.522. The second-order valence-electron chi connectivity index (χ2n) is 8.32. The number of piperazine rings is 1. The lowest BCUT2D eigenvalue weighted by atomic mass is 10.1. The molecule has 178 valence electrons. The van der Waals surface area contributed by atoms with E-state index in [1.54, 1.807) is 17.0 Å². The lowest BCUT2D eigenvalue weighted by Gasteiger charge is -2.34. The smallest absolute Gasteiger partial charge is 0.319 e. The molecule has 3 aromatic rings. The summed E-state index contributed by atoms with van der Waals surface area (Å²) in [6.45, 7) is 6.18. The molecule has 0 aliphatic carbocycles. The van der Waals surface area contributed by atoms with Crippen LogP contribution in [0.15, 0.2) is 54.6 Å². The highest BCUT2D eigenvalue weighted by atomic mass is 19.1. The number of halogens is 1. The van der Waals surface area contributed by atoms with E-state index < -0.39 is 0 Å². The molecule has 1 saturated heterocycles. The normalized spacial score (nSPS) is 14.1. The molecule has 0 radical (unpaired) electrons. The number of anilines is 1. The number of hydrogen-bond acceptors (Lipinski definition) is 4. The second kappa shape index (κ2) is 10.9. The van der Waals surface area contributed by atoms with Gasteiger partial charge in [-0.1, -0.05) is 30.3 Å². The van der Waals surface area contributed by atoms with Crippen molar-refractivity contribution in [1.82, 2.24) is 25.4 Å². The van der Waals surface area contributed by atoms with Gasteiger partial charge in [-0.3, -0.25) is 9.88 Å². The van der Waals surface area contributed by atoms with Crippen molar-refractivity contribution in [2.45, 2.75) is 13.5 Å². The molecule has 2 aromatic carbocycles. The van der Waals surface area contributed by atoms with Gasteiger partial charge in [-0.15, -0.1) is 0 Å². The molecule has 0 atom stereocenters. The van der Waals surface area contributed by atoms with Crippen LogP contribution >= 0.6 is 0 Å². The third-order valence-corrected chi connectivity index (χ3v) is 5.82. The molecule has 0 unspecified atom stereocenters. The van der Waals surface area contributed by atoms with Gasteiger partial charge in [-0.05, 0) is 36.8 Å². The molecule has 9 heteroatoms. The summed E-state index contributed by atoms with van der Waals surface area (Å²) in [5, 5.41) is 9.61. The molecular weight excluding hydrogens is 435 g/mol. The summed E-state index contributed by atoms with van der Waals surface area (Å²) in [7, 11) is 0. The van der Waals surface area contributed by atoms with Gasteiger partial charge in [0.2, 0.25) is 0 Å². The molecule has 0 spiro atoms. The number of rotatable bonds is 6. The van der Waals surface area contributed by atoms with Crippen molar-refractivity contribution >= 4 is 28.7 Å². The highest BCUT2D eigenvalue weighted by molar-refractivity contribution is 6.00. The number of fused-ring (bicyclic) bond motifs is 1. The minimum Gasteiger partial charge on any atom is -0.337 e. The van der Waals surface area contributed by atoms with Crippen LogP contribution < -0.4 is 16.0 Å². The molecule has 1 fully saturated rings. The average molecular weight is 465 g/mol. The first-order valence-corrected chi connectivity index (χ1v) is 11.4. The van der Waals surface area contributed by atoms with Gasteiger partial charge in [0.1, 0.15) is 5.82 Å². The minimum atomic E-state index is -0.292. The molecule has 34 heavy (non-hydrogen) atoms. The van der Waals surface area contributed by atoms with Crippen molar-refractivity contribution in [2.75, 3.05) is 44.6 Å². The Hall–Kier alpha value is -3.72. The average Bonchev–Trinajstić information content (AvgIpc) is 2.84. The molecule has 0 saturated carbocycles. The summed E-state index contributed by atoms with van der Waals surface area (Å²) < 4.78 is 13.0. The van der Waals surface area contributed by atoms with E-state index in [0.717, 1.165) is 40.9 Å². The van der Waals surface area contributed by atoms with Gasteiger partial charge in [0.15, 0.2) is 0 Å². The molecule has 2 heterocycles. The SMILES string of the molecule is Cc1cc(NC(=O)NCCN2CCN(C(=O)NCc3ccc(F)cc3)CC2)c2ccccc2n1.